The van der Waals surface area contributed by atoms with Crippen LogP contribution in [0.5, 0.6) is 0 Å². The van der Waals surface area contributed by atoms with Crippen molar-refractivity contribution in [1.29, 1.82) is 0 Å². The minimum atomic E-state index is -0.285. The van der Waals surface area contributed by atoms with Gasteiger partial charge in [-0.1, -0.05) is 36.6 Å². The predicted molar refractivity (Wildman–Crippen MR) is 104 cm³/mol. The highest BCUT2D eigenvalue weighted by Gasteiger charge is 2.51. The lowest BCUT2D eigenvalue weighted by Gasteiger charge is -2.40. The average Bonchev–Trinajstić information content (AvgIpc) is 3.15. The van der Waals surface area contributed by atoms with E-state index in [1.165, 1.54) is 11.1 Å². The number of aromatic nitrogens is 2. The molecule has 1 aromatic heterocycles. The molecule has 5 nitrogen and oxygen atoms in total. The van der Waals surface area contributed by atoms with Crippen molar-refractivity contribution in [2.45, 2.75) is 56.8 Å². The van der Waals surface area contributed by atoms with E-state index in [2.05, 4.69) is 55.0 Å². The lowest BCUT2D eigenvalue weighted by Crippen LogP contribution is -2.40. The molecule has 0 radical (unpaired) electrons. The first-order valence-corrected chi connectivity index (χ1v) is 9.69. The fraction of sp³-hybridized carbons (Fsp3) is 0.600. The minimum absolute atomic E-state index is 0.132. The van der Waals surface area contributed by atoms with E-state index in [4.69, 9.17) is 21.8 Å². The summed E-state index contributed by atoms with van der Waals surface area (Å²) in [5, 5.41) is 8.97. The van der Waals surface area contributed by atoms with E-state index in [1.54, 1.807) is 0 Å². The van der Waals surface area contributed by atoms with Crippen molar-refractivity contribution in [3.05, 3.63) is 39.7 Å². The zero-order chi connectivity index (χ0) is 18.7. The first-order chi connectivity index (χ1) is 12.2. The second-order valence-electron chi connectivity index (χ2n) is 8.70. The average molecular weight is 375 g/mol. The monoisotopic (exact) mass is 374 g/mol. The van der Waals surface area contributed by atoms with Gasteiger partial charge >= 0.3 is 6.01 Å². The van der Waals surface area contributed by atoms with Crippen molar-refractivity contribution >= 4 is 17.6 Å². The highest BCUT2D eigenvalue weighted by atomic mass is 35.5. The number of benzene rings is 1. The maximum atomic E-state index is 6.54. The van der Waals surface area contributed by atoms with Gasteiger partial charge in [-0.25, -0.2) is 0 Å². The van der Waals surface area contributed by atoms with Crippen molar-refractivity contribution in [2.24, 2.45) is 0 Å². The smallest absolute Gasteiger partial charge is 0.312 e. The summed E-state index contributed by atoms with van der Waals surface area (Å²) in [4.78, 5) is 2.41. The Morgan fingerprint density at radius 1 is 1.27 bits per heavy atom. The standard InChI is InChI=1S/C20H27ClN4O/c1-12-9-13-14(10-16(12)21)20(5-7-25(4)8-6-20)11-15(13)19(2,3)17-23-24-18(22)26-17/h9-10,15H,5-8,11H2,1-4H3,(H2,22,24)/t15-/m0/s1. The Morgan fingerprint density at radius 3 is 2.58 bits per heavy atom. The number of anilines is 1. The number of hydrogen-bond donors (Lipinski definition) is 1. The molecule has 2 heterocycles. The predicted octanol–water partition coefficient (Wildman–Crippen LogP) is 4.04. The molecule has 0 amide bonds. The molecule has 6 heteroatoms. The number of hydrogen-bond acceptors (Lipinski definition) is 5. The molecule has 1 aromatic carbocycles. The van der Waals surface area contributed by atoms with Crippen molar-refractivity contribution in [3.63, 3.8) is 0 Å². The van der Waals surface area contributed by atoms with Crippen LogP contribution < -0.4 is 5.73 Å². The number of nitrogens with zero attached hydrogens (tertiary/aromatic N) is 3. The van der Waals surface area contributed by atoms with E-state index in [9.17, 15) is 0 Å². The van der Waals surface area contributed by atoms with E-state index in [-0.39, 0.29) is 16.8 Å². The van der Waals surface area contributed by atoms with Crippen LogP contribution in [0.2, 0.25) is 5.02 Å². The van der Waals surface area contributed by atoms with Gasteiger partial charge in [-0.15, -0.1) is 5.10 Å². The van der Waals surface area contributed by atoms with E-state index in [0.717, 1.165) is 42.9 Å². The van der Waals surface area contributed by atoms with Gasteiger partial charge in [-0.2, -0.15) is 0 Å². The van der Waals surface area contributed by atoms with E-state index in [1.807, 2.05) is 0 Å². The number of nitrogens with two attached hydrogens (primary N) is 1. The molecule has 2 aliphatic rings. The van der Waals surface area contributed by atoms with E-state index < -0.39 is 0 Å². The number of fused-ring (bicyclic) bond motifs is 2. The Labute approximate surface area is 159 Å². The zero-order valence-corrected chi connectivity index (χ0v) is 16.7. The summed E-state index contributed by atoms with van der Waals surface area (Å²) in [6.07, 6.45) is 3.41. The molecule has 1 spiro atoms. The van der Waals surface area contributed by atoms with Gasteiger partial charge in [-0.3, -0.25) is 0 Å². The minimum Gasteiger partial charge on any atom is -0.408 e. The maximum Gasteiger partial charge on any atom is 0.312 e. The van der Waals surface area contributed by atoms with Gasteiger partial charge in [0.25, 0.3) is 0 Å². The second-order valence-corrected chi connectivity index (χ2v) is 9.10. The number of nitrogen functional groups attached to an aromatic ring is 1. The first kappa shape index (κ1) is 17.8. The Morgan fingerprint density at radius 2 is 1.96 bits per heavy atom. The van der Waals surface area contributed by atoms with Crippen LogP contribution in [-0.4, -0.2) is 35.2 Å². The Hall–Kier alpha value is -1.59. The molecule has 1 saturated heterocycles. The number of halogens is 1. The van der Waals surface area contributed by atoms with Gasteiger partial charge in [0.15, 0.2) is 0 Å². The quantitative estimate of drug-likeness (QED) is 0.859. The van der Waals surface area contributed by atoms with Crippen molar-refractivity contribution < 1.29 is 4.42 Å². The summed E-state index contributed by atoms with van der Waals surface area (Å²) < 4.78 is 5.64. The van der Waals surface area contributed by atoms with Crippen LogP contribution >= 0.6 is 11.6 Å². The molecular weight excluding hydrogens is 348 g/mol. The highest BCUT2D eigenvalue weighted by Crippen LogP contribution is 2.58. The Kier molecular flexibility index (Phi) is 4.08. The number of piperidine rings is 1. The van der Waals surface area contributed by atoms with Crippen LogP contribution in [0, 0.1) is 6.92 Å². The maximum absolute atomic E-state index is 6.54. The summed E-state index contributed by atoms with van der Waals surface area (Å²) in [6.45, 7) is 8.69. The third-order valence-electron chi connectivity index (χ3n) is 6.68. The SMILES string of the molecule is Cc1cc2c(cc1Cl)C1(CCN(C)CC1)C[C@@H]2C(C)(C)c1nnc(N)o1. The lowest BCUT2D eigenvalue weighted by atomic mass is 9.70. The third kappa shape index (κ3) is 2.64. The summed E-state index contributed by atoms with van der Waals surface area (Å²) in [5.74, 6) is 0.917. The molecule has 2 N–H and O–H groups in total. The molecule has 2 aromatic rings. The number of likely N-dealkylation sites (tertiary alicyclic amines) is 1. The van der Waals surface area contributed by atoms with Crippen LogP contribution in [0.15, 0.2) is 16.5 Å². The fourth-order valence-corrected chi connectivity index (χ4v) is 5.03. The van der Waals surface area contributed by atoms with Crippen molar-refractivity contribution in [1.82, 2.24) is 15.1 Å². The summed E-state index contributed by atoms with van der Waals surface area (Å²) in [7, 11) is 2.20. The molecule has 1 aliphatic carbocycles. The molecule has 0 saturated carbocycles. The van der Waals surface area contributed by atoms with Crippen LogP contribution in [0.1, 0.15) is 61.6 Å². The van der Waals surface area contributed by atoms with Gasteiger partial charge < -0.3 is 15.1 Å². The molecule has 26 heavy (non-hydrogen) atoms. The summed E-state index contributed by atoms with van der Waals surface area (Å²) in [6, 6.07) is 4.62. The number of aryl methyl sites for hydroxylation is 1. The van der Waals surface area contributed by atoms with Gasteiger partial charge in [0, 0.05) is 10.4 Å². The fourth-order valence-electron chi connectivity index (χ4n) is 4.87. The van der Waals surface area contributed by atoms with Crippen LogP contribution in [-0.2, 0) is 10.8 Å². The molecule has 1 atom stereocenters. The molecule has 4 rings (SSSR count). The van der Waals surface area contributed by atoms with Gasteiger partial charge in [0.2, 0.25) is 5.89 Å². The van der Waals surface area contributed by atoms with Gasteiger partial charge in [0.1, 0.15) is 0 Å². The molecule has 0 unspecified atom stereocenters. The third-order valence-corrected chi connectivity index (χ3v) is 7.09. The Balaban J connectivity index is 1.82. The number of rotatable bonds is 2. The van der Waals surface area contributed by atoms with E-state index >= 15 is 0 Å². The lowest BCUT2D eigenvalue weighted by molar-refractivity contribution is 0.170. The normalized spacial score (nSPS) is 22.7. The molecule has 1 fully saturated rings. The second kappa shape index (κ2) is 5.96. The first-order valence-electron chi connectivity index (χ1n) is 9.31. The van der Waals surface area contributed by atoms with Crippen LogP contribution in [0.3, 0.4) is 0 Å². The van der Waals surface area contributed by atoms with Crippen LogP contribution in [0.25, 0.3) is 0 Å². The summed E-state index contributed by atoms with van der Waals surface area (Å²) in [5.41, 5.74) is 9.54. The zero-order valence-electron chi connectivity index (χ0n) is 16.0. The molecular formula is C20H27ClN4O. The Bertz CT molecular complexity index is 836. The highest BCUT2D eigenvalue weighted by molar-refractivity contribution is 6.31. The van der Waals surface area contributed by atoms with Crippen LogP contribution in [0.4, 0.5) is 6.01 Å². The largest absolute Gasteiger partial charge is 0.408 e. The summed E-state index contributed by atoms with van der Waals surface area (Å²) >= 11 is 6.54. The van der Waals surface area contributed by atoms with Crippen molar-refractivity contribution in [2.75, 3.05) is 25.9 Å². The molecule has 0 bridgehead atoms. The van der Waals surface area contributed by atoms with Gasteiger partial charge in [0.05, 0.1) is 0 Å². The topological polar surface area (TPSA) is 68.2 Å². The van der Waals surface area contributed by atoms with Crippen molar-refractivity contribution in [3.8, 4) is 0 Å². The molecule has 1 aliphatic heterocycles. The van der Waals surface area contributed by atoms with Gasteiger partial charge in [-0.05, 0) is 80.4 Å². The molecule has 140 valence electrons. The van der Waals surface area contributed by atoms with E-state index in [0.29, 0.717) is 11.8 Å².